The lowest BCUT2D eigenvalue weighted by molar-refractivity contribution is 0.466. The van der Waals surface area contributed by atoms with Crippen LogP contribution in [0.2, 0.25) is 0 Å². The van der Waals surface area contributed by atoms with E-state index in [9.17, 15) is 8.42 Å². The predicted octanol–water partition coefficient (Wildman–Crippen LogP) is 1.71. The molecule has 1 aromatic rings. The van der Waals surface area contributed by atoms with Crippen LogP contribution in [0.5, 0.6) is 0 Å². The fourth-order valence-corrected chi connectivity index (χ4v) is 2.97. The molecule has 0 heterocycles. The first-order valence-electron chi connectivity index (χ1n) is 4.85. The van der Waals surface area contributed by atoms with E-state index in [1.165, 1.54) is 4.31 Å². The lowest BCUT2D eigenvalue weighted by atomic mass is 10.4. The summed E-state index contributed by atoms with van der Waals surface area (Å²) in [5.74, 6) is 0. The molecule has 0 fully saturated rings. The minimum atomic E-state index is -3.37. The van der Waals surface area contributed by atoms with Crippen LogP contribution >= 0.6 is 28.3 Å². The smallest absolute Gasteiger partial charge is 0.242 e. The highest BCUT2D eigenvalue weighted by Crippen LogP contribution is 2.18. The Hall–Kier alpha value is -0.140. The molecule has 7 heteroatoms. The van der Waals surface area contributed by atoms with Crippen LogP contribution in [0.25, 0.3) is 0 Å². The molecule has 98 valence electrons. The average molecular weight is 344 g/mol. The summed E-state index contributed by atoms with van der Waals surface area (Å²) in [5.41, 5.74) is 0. The highest BCUT2D eigenvalue weighted by Gasteiger charge is 2.19. The lowest BCUT2D eigenvalue weighted by Crippen LogP contribution is -2.32. The normalized spacial score (nSPS) is 11.3. The van der Waals surface area contributed by atoms with Gasteiger partial charge in [-0.2, -0.15) is 4.31 Å². The van der Waals surface area contributed by atoms with Gasteiger partial charge < -0.3 is 5.32 Å². The second-order valence-corrected chi connectivity index (χ2v) is 6.35. The molecular formula is C10H16BrClN2O2S. The summed E-state index contributed by atoms with van der Waals surface area (Å²) in [6.45, 7) is 1.08. The summed E-state index contributed by atoms with van der Waals surface area (Å²) in [6.07, 6.45) is 0. The Morgan fingerprint density at radius 3 is 2.59 bits per heavy atom. The minimum Gasteiger partial charge on any atom is -0.318 e. The third kappa shape index (κ3) is 4.56. The first-order chi connectivity index (χ1) is 7.48. The Labute approximate surface area is 117 Å². The molecule has 0 aromatic heterocycles. The zero-order valence-electron chi connectivity index (χ0n) is 9.68. The first kappa shape index (κ1) is 16.9. The average Bonchev–Trinajstić information content (AvgIpc) is 2.25. The van der Waals surface area contributed by atoms with E-state index in [0.717, 1.165) is 4.47 Å². The van der Waals surface area contributed by atoms with Crippen molar-refractivity contribution in [2.45, 2.75) is 4.90 Å². The highest BCUT2D eigenvalue weighted by atomic mass is 79.9. The summed E-state index contributed by atoms with van der Waals surface area (Å²) >= 11 is 3.26. The van der Waals surface area contributed by atoms with E-state index in [-0.39, 0.29) is 12.4 Å². The Morgan fingerprint density at radius 2 is 2.06 bits per heavy atom. The van der Waals surface area contributed by atoms with Gasteiger partial charge in [-0.25, -0.2) is 8.42 Å². The molecule has 1 aromatic carbocycles. The molecule has 17 heavy (non-hydrogen) atoms. The quantitative estimate of drug-likeness (QED) is 0.885. The third-order valence-electron chi connectivity index (χ3n) is 2.18. The van der Waals surface area contributed by atoms with E-state index < -0.39 is 10.0 Å². The standard InChI is InChI=1S/C10H15BrN2O2S.ClH/c1-12-6-7-13(2)16(14,15)10-5-3-4-9(11)8-10;/h3-5,8,12H,6-7H2,1-2H3;1H. The van der Waals surface area contributed by atoms with Crippen LogP contribution in [-0.4, -0.2) is 39.9 Å². The molecule has 0 amide bonds. The van der Waals surface area contributed by atoms with Gasteiger partial charge in [0.15, 0.2) is 0 Å². The summed E-state index contributed by atoms with van der Waals surface area (Å²) < 4.78 is 26.2. The molecule has 0 bridgehead atoms. The number of hydrogen-bond acceptors (Lipinski definition) is 3. The van der Waals surface area contributed by atoms with Crippen molar-refractivity contribution in [3.05, 3.63) is 28.7 Å². The molecule has 0 aliphatic rings. The minimum absolute atomic E-state index is 0. The van der Waals surface area contributed by atoms with Crippen LogP contribution in [0.15, 0.2) is 33.6 Å². The van der Waals surface area contributed by atoms with Crippen LogP contribution in [0.4, 0.5) is 0 Å². The van der Waals surface area contributed by atoms with E-state index in [1.54, 1.807) is 38.4 Å². The van der Waals surface area contributed by atoms with Crippen molar-refractivity contribution in [2.75, 3.05) is 27.2 Å². The zero-order chi connectivity index (χ0) is 12.2. The first-order valence-corrected chi connectivity index (χ1v) is 7.08. The zero-order valence-corrected chi connectivity index (χ0v) is 12.9. The Kier molecular flexibility index (Phi) is 7.27. The second kappa shape index (κ2) is 7.33. The van der Waals surface area contributed by atoms with Crippen LogP contribution in [0.3, 0.4) is 0 Å². The van der Waals surface area contributed by atoms with Gasteiger partial charge in [0.2, 0.25) is 10.0 Å². The van der Waals surface area contributed by atoms with Gasteiger partial charge in [0.25, 0.3) is 0 Å². The van der Waals surface area contributed by atoms with Crippen LogP contribution < -0.4 is 5.32 Å². The predicted molar refractivity (Wildman–Crippen MR) is 75.1 cm³/mol. The lowest BCUT2D eigenvalue weighted by Gasteiger charge is -2.16. The van der Waals surface area contributed by atoms with Crippen molar-refractivity contribution in [2.24, 2.45) is 0 Å². The number of nitrogens with zero attached hydrogens (tertiary/aromatic N) is 1. The molecule has 0 radical (unpaired) electrons. The van der Waals surface area contributed by atoms with Gasteiger partial charge in [0.05, 0.1) is 4.90 Å². The molecule has 0 saturated heterocycles. The van der Waals surface area contributed by atoms with E-state index in [1.807, 2.05) is 0 Å². The highest BCUT2D eigenvalue weighted by molar-refractivity contribution is 9.10. The number of rotatable bonds is 5. The van der Waals surface area contributed by atoms with Crippen LogP contribution in [0.1, 0.15) is 0 Å². The van der Waals surface area contributed by atoms with Gasteiger partial charge in [-0.05, 0) is 25.2 Å². The molecule has 0 atom stereocenters. The monoisotopic (exact) mass is 342 g/mol. The Morgan fingerprint density at radius 1 is 1.41 bits per heavy atom. The molecule has 0 unspecified atom stereocenters. The van der Waals surface area contributed by atoms with Gasteiger partial charge in [0.1, 0.15) is 0 Å². The topological polar surface area (TPSA) is 49.4 Å². The fourth-order valence-electron chi connectivity index (χ4n) is 1.20. The molecule has 0 saturated carbocycles. The fraction of sp³-hybridized carbons (Fsp3) is 0.400. The van der Waals surface area contributed by atoms with Gasteiger partial charge in [0, 0.05) is 24.6 Å². The van der Waals surface area contributed by atoms with Crippen LogP contribution in [0, 0.1) is 0 Å². The maximum atomic E-state index is 12.1. The molecule has 1 N–H and O–H groups in total. The summed E-state index contributed by atoms with van der Waals surface area (Å²) in [4.78, 5) is 0.306. The van der Waals surface area contributed by atoms with E-state index in [4.69, 9.17) is 0 Å². The third-order valence-corrected chi connectivity index (χ3v) is 4.53. The maximum absolute atomic E-state index is 12.1. The maximum Gasteiger partial charge on any atom is 0.242 e. The molecule has 4 nitrogen and oxygen atoms in total. The van der Waals surface area contributed by atoms with E-state index in [0.29, 0.717) is 18.0 Å². The SMILES string of the molecule is CNCCN(C)S(=O)(=O)c1cccc(Br)c1.Cl. The summed E-state index contributed by atoms with van der Waals surface area (Å²) in [6, 6.07) is 6.71. The van der Waals surface area contributed by atoms with E-state index >= 15 is 0 Å². The van der Waals surface area contributed by atoms with Crippen molar-refractivity contribution < 1.29 is 8.42 Å². The molecule has 0 aliphatic carbocycles. The summed E-state index contributed by atoms with van der Waals surface area (Å²) in [7, 11) is -0.00220. The van der Waals surface area contributed by atoms with Crippen molar-refractivity contribution in [3.63, 3.8) is 0 Å². The van der Waals surface area contributed by atoms with Crippen LogP contribution in [-0.2, 0) is 10.0 Å². The van der Waals surface area contributed by atoms with Crippen molar-refractivity contribution in [1.82, 2.24) is 9.62 Å². The van der Waals surface area contributed by atoms with Gasteiger partial charge in [-0.15, -0.1) is 12.4 Å². The molecule has 0 aliphatic heterocycles. The second-order valence-electron chi connectivity index (χ2n) is 3.39. The largest absolute Gasteiger partial charge is 0.318 e. The molecule has 0 spiro atoms. The Bertz CT molecular complexity index is 453. The van der Waals surface area contributed by atoms with Gasteiger partial charge in [-0.1, -0.05) is 22.0 Å². The number of benzene rings is 1. The van der Waals surface area contributed by atoms with Crippen molar-refractivity contribution in [3.8, 4) is 0 Å². The number of sulfonamides is 1. The molecular weight excluding hydrogens is 328 g/mol. The number of nitrogens with one attached hydrogen (secondary N) is 1. The Balaban J connectivity index is 0.00000256. The van der Waals surface area contributed by atoms with Crippen molar-refractivity contribution >= 4 is 38.4 Å². The summed E-state index contributed by atoms with van der Waals surface area (Å²) in [5, 5.41) is 2.92. The molecule has 1 rings (SSSR count). The number of hydrogen-bond donors (Lipinski definition) is 1. The van der Waals surface area contributed by atoms with E-state index in [2.05, 4.69) is 21.2 Å². The number of likely N-dealkylation sites (N-methyl/N-ethyl adjacent to an activating group) is 2. The van der Waals surface area contributed by atoms with Crippen molar-refractivity contribution in [1.29, 1.82) is 0 Å². The van der Waals surface area contributed by atoms with Gasteiger partial charge in [-0.3, -0.25) is 0 Å². The van der Waals surface area contributed by atoms with Gasteiger partial charge >= 0.3 is 0 Å². The number of halogens is 2.